The third kappa shape index (κ3) is 4.18. The van der Waals surface area contributed by atoms with Crippen LogP contribution in [0.2, 0.25) is 0 Å². The summed E-state index contributed by atoms with van der Waals surface area (Å²) in [5, 5.41) is 0. The van der Waals surface area contributed by atoms with E-state index < -0.39 is 10.0 Å². The van der Waals surface area contributed by atoms with Crippen LogP contribution in [0.3, 0.4) is 0 Å². The first-order chi connectivity index (χ1) is 10.1. The van der Waals surface area contributed by atoms with Crippen molar-refractivity contribution >= 4 is 10.0 Å². The number of piperazine rings is 1. The molecule has 118 valence electrons. The van der Waals surface area contributed by atoms with Crippen molar-refractivity contribution in [1.29, 1.82) is 0 Å². The summed E-state index contributed by atoms with van der Waals surface area (Å²) < 4.78 is 31.1. The third-order valence-corrected chi connectivity index (χ3v) is 5.85. The molecule has 1 aliphatic rings. The molecule has 0 atom stereocenters. The maximum atomic E-state index is 12.0. The molecular weight excluding hydrogens is 288 g/mol. The van der Waals surface area contributed by atoms with Crippen molar-refractivity contribution in [2.75, 3.05) is 39.0 Å². The maximum absolute atomic E-state index is 12.0. The van der Waals surface area contributed by atoms with Crippen LogP contribution < -0.4 is 4.74 Å². The van der Waals surface area contributed by atoms with Gasteiger partial charge in [-0.15, -0.1) is 0 Å². The van der Waals surface area contributed by atoms with E-state index in [-0.39, 0.29) is 5.75 Å². The fraction of sp³-hybridized carbons (Fsp3) is 0.600. The standard InChI is InChI=1S/C15H24N2O3S/c1-3-12-21(18,19)17-10-8-16(9-11-17)13-14-6-4-5-7-15(14)20-2/h4-7H,3,8-13H2,1-2H3. The quantitative estimate of drug-likeness (QED) is 0.800. The van der Waals surface area contributed by atoms with Gasteiger partial charge in [-0.3, -0.25) is 4.90 Å². The zero-order chi connectivity index (χ0) is 15.3. The van der Waals surface area contributed by atoms with Gasteiger partial charge in [0.05, 0.1) is 12.9 Å². The third-order valence-electron chi connectivity index (χ3n) is 3.77. The smallest absolute Gasteiger partial charge is 0.214 e. The van der Waals surface area contributed by atoms with Crippen molar-refractivity contribution in [3.05, 3.63) is 29.8 Å². The van der Waals surface area contributed by atoms with Gasteiger partial charge in [-0.25, -0.2) is 8.42 Å². The first-order valence-corrected chi connectivity index (χ1v) is 9.00. The topological polar surface area (TPSA) is 49.9 Å². The van der Waals surface area contributed by atoms with Crippen molar-refractivity contribution < 1.29 is 13.2 Å². The molecule has 0 unspecified atom stereocenters. The molecule has 1 aromatic carbocycles. The highest BCUT2D eigenvalue weighted by Crippen LogP contribution is 2.20. The van der Waals surface area contributed by atoms with Gasteiger partial charge in [0, 0.05) is 38.3 Å². The summed E-state index contributed by atoms with van der Waals surface area (Å²) in [6.07, 6.45) is 0.670. The predicted octanol–water partition coefficient (Wildman–Crippen LogP) is 1.55. The minimum atomic E-state index is -3.06. The van der Waals surface area contributed by atoms with E-state index in [1.807, 2.05) is 25.1 Å². The largest absolute Gasteiger partial charge is 0.496 e. The van der Waals surface area contributed by atoms with Gasteiger partial charge in [-0.05, 0) is 12.5 Å². The lowest BCUT2D eigenvalue weighted by Gasteiger charge is -2.34. The number of hydrogen-bond donors (Lipinski definition) is 0. The van der Waals surface area contributed by atoms with E-state index >= 15 is 0 Å². The Hall–Kier alpha value is -1.11. The Balaban J connectivity index is 1.93. The molecule has 0 bridgehead atoms. The summed E-state index contributed by atoms with van der Waals surface area (Å²) >= 11 is 0. The normalized spacial score (nSPS) is 17.8. The number of benzene rings is 1. The molecule has 5 nitrogen and oxygen atoms in total. The zero-order valence-electron chi connectivity index (χ0n) is 12.8. The SMILES string of the molecule is CCCS(=O)(=O)N1CCN(Cc2ccccc2OC)CC1. The Morgan fingerprint density at radius 2 is 1.81 bits per heavy atom. The number of methoxy groups -OCH3 is 1. The molecule has 6 heteroatoms. The van der Waals surface area contributed by atoms with Gasteiger partial charge in [0.1, 0.15) is 5.75 Å². The first kappa shape index (κ1) is 16.3. The molecule has 0 spiro atoms. The van der Waals surface area contributed by atoms with Gasteiger partial charge in [0.2, 0.25) is 10.0 Å². The fourth-order valence-electron chi connectivity index (χ4n) is 2.63. The number of rotatable bonds is 6. The van der Waals surface area contributed by atoms with E-state index in [9.17, 15) is 8.42 Å². The molecule has 1 heterocycles. The molecule has 1 fully saturated rings. The van der Waals surface area contributed by atoms with Gasteiger partial charge in [0.25, 0.3) is 0 Å². The summed E-state index contributed by atoms with van der Waals surface area (Å²) in [6.45, 7) is 5.39. The van der Waals surface area contributed by atoms with E-state index in [4.69, 9.17) is 4.74 Å². The van der Waals surface area contributed by atoms with Crippen LogP contribution in [0.5, 0.6) is 5.75 Å². The lowest BCUT2D eigenvalue weighted by atomic mass is 10.2. The minimum Gasteiger partial charge on any atom is -0.496 e. The first-order valence-electron chi connectivity index (χ1n) is 7.39. The zero-order valence-corrected chi connectivity index (χ0v) is 13.6. The molecule has 0 amide bonds. The summed E-state index contributed by atoms with van der Waals surface area (Å²) in [5.74, 6) is 1.14. The molecule has 21 heavy (non-hydrogen) atoms. The number of para-hydroxylation sites is 1. The summed E-state index contributed by atoms with van der Waals surface area (Å²) in [4.78, 5) is 2.27. The van der Waals surface area contributed by atoms with Crippen LogP contribution in [0.4, 0.5) is 0 Å². The van der Waals surface area contributed by atoms with Crippen LogP contribution in [-0.2, 0) is 16.6 Å². The number of ether oxygens (including phenoxy) is 1. The predicted molar refractivity (Wildman–Crippen MR) is 83.9 cm³/mol. The van der Waals surface area contributed by atoms with Gasteiger partial charge >= 0.3 is 0 Å². The van der Waals surface area contributed by atoms with Crippen molar-refractivity contribution in [3.8, 4) is 5.75 Å². The number of sulfonamides is 1. The van der Waals surface area contributed by atoms with Crippen LogP contribution in [0.15, 0.2) is 24.3 Å². The molecule has 2 rings (SSSR count). The van der Waals surface area contributed by atoms with Crippen LogP contribution in [0.1, 0.15) is 18.9 Å². The molecule has 0 aliphatic carbocycles. The van der Waals surface area contributed by atoms with Crippen molar-refractivity contribution in [3.63, 3.8) is 0 Å². The van der Waals surface area contributed by atoms with Gasteiger partial charge in [-0.2, -0.15) is 4.31 Å². The summed E-state index contributed by atoms with van der Waals surface area (Å²) in [5.41, 5.74) is 1.14. The molecule has 1 aliphatic heterocycles. The second-order valence-electron chi connectivity index (χ2n) is 5.30. The monoisotopic (exact) mass is 312 g/mol. The van der Waals surface area contributed by atoms with E-state index in [1.165, 1.54) is 0 Å². The number of nitrogens with zero attached hydrogens (tertiary/aromatic N) is 2. The Labute approximate surface area is 127 Å². The van der Waals surface area contributed by atoms with E-state index in [1.54, 1.807) is 11.4 Å². The van der Waals surface area contributed by atoms with Gasteiger partial charge in [-0.1, -0.05) is 25.1 Å². The molecule has 1 saturated heterocycles. The Bertz CT molecular complexity index is 552. The van der Waals surface area contributed by atoms with Crippen LogP contribution in [0, 0.1) is 0 Å². The average molecular weight is 312 g/mol. The summed E-state index contributed by atoms with van der Waals surface area (Å²) in [6, 6.07) is 7.97. The molecule has 1 aromatic rings. The van der Waals surface area contributed by atoms with E-state index in [2.05, 4.69) is 11.0 Å². The van der Waals surface area contributed by atoms with Crippen molar-refractivity contribution in [2.45, 2.75) is 19.9 Å². The lowest BCUT2D eigenvalue weighted by Crippen LogP contribution is -2.48. The fourth-order valence-corrected chi connectivity index (χ4v) is 4.12. The van der Waals surface area contributed by atoms with Crippen LogP contribution >= 0.6 is 0 Å². The molecule has 0 N–H and O–H groups in total. The second kappa shape index (κ2) is 7.24. The average Bonchev–Trinajstić information content (AvgIpc) is 2.48. The number of hydrogen-bond acceptors (Lipinski definition) is 4. The van der Waals surface area contributed by atoms with Gasteiger partial charge < -0.3 is 4.74 Å². The minimum absolute atomic E-state index is 0.250. The highest BCUT2D eigenvalue weighted by molar-refractivity contribution is 7.89. The van der Waals surface area contributed by atoms with Crippen molar-refractivity contribution in [2.24, 2.45) is 0 Å². The van der Waals surface area contributed by atoms with Gasteiger partial charge in [0.15, 0.2) is 0 Å². The highest BCUT2D eigenvalue weighted by Gasteiger charge is 2.26. The Kier molecular flexibility index (Phi) is 5.61. The molecular formula is C15H24N2O3S. The maximum Gasteiger partial charge on any atom is 0.214 e. The van der Waals surface area contributed by atoms with E-state index in [0.29, 0.717) is 19.5 Å². The molecule has 0 aromatic heterocycles. The Morgan fingerprint density at radius 3 is 2.43 bits per heavy atom. The molecule has 0 radical (unpaired) electrons. The summed E-state index contributed by atoms with van der Waals surface area (Å²) in [7, 11) is -1.39. The molecule has 0 saturated carbocycles. The Morgan fingerprint density at radius 1 is 1.14 bits per heavy atom. The van der Waals surface area contributed by atoms with E-state index in [0.717, 1.165) is 30.9 Å². The van der Waals surface area contributed by atoms with Crippen LogP contribution in [0.25, 0.3) is 0 Å². The van der Waals surface area contributed by atoms with Crippen LogP contribution in [-0.4, -0.2) is 56.7 Å². The second-order valence-corrected chi connectivity index (χ2v) is 7.39. The highest BCUT2D eigenvalue weighted by atomic mass is 32.2. The lowest BCUT2D eigenvalue weighted by molar-refractivity contribution is 0.180. The van der Waals surface area contributed by atoms with Crippen molar-refractivity contribution in [1.82, 2.24) is 9.21 Å².